The molecule has 1 fully saturated rings. The minimum atomic E-state index is -0.00738. The van der Waals surface area contributed by atoms with E-state index in [2.05, 4.69) is 44.2 Å². The zero-order chi connectivity index (χ0) is 20.6. The van der Waals surface area contributed by atoms with Crippen LogP contribution < -0.4 is 0 Å². The highest BCUT2D eigenvalue weighted by Gasteiger charge is 2.37. The molecule has 1 aromatic heterocycles. The van der Waals surface area contributed by atoms with Crippen LogP contribution in [-0.4, -0.2) is 59.3 Å². The lowest BCUT2D eigenvalue weighted by molar-refractivity contribution is -0.132. The van der Waals surface area contributed by atoms with Gasteiger partial charge < -0.3 is 14.4 Å². The van der Waals surface area contributed by atoms with Gasteiger partial charge >= 0.3 is 0 Å². The first-order valence-corrected chi connectivity index (χ1v) is 10.8. The summed E-state index contributed by atoms with van der Waals surface area (Å²) in [6.45, 7) is 11.6. The van der Waals surface area contributed by atoms with Gasteiger partial charge in [-0.05, 0) is 63.7 Å². The fourth-order valence-corrected chi connectivity index (χ4v) is 5.01. The number of hydrogen-bond acceptors (Lipinski definition) is 3. The Morgan fingerprint density at radius 3 is 2.46 bits per heavy atom. The lowest BCUT2D eigenvalue weighted by Crippen LogP contribution is -2.45. The molecule has 0 bridgehead atoms. The number of hydrogen-bond donors (Lipinski definition) is 0. The molecule has 3 rings (SSSR count). The van der Waals surface area contributed by atoms with Crippen LogP contribution in [0, 0.1) is 12.3 Å². The van der Waals surface area contributed by atoms with E-state index >= 15 is 0 Å². The molecule has 0 atom stereocenters. The summed E-state index contributed by atoms with van der Waals surface area (Å²) >= 11 is 0. The summed E-state index contributed by atoms with van der Waals surface area (Å²) < 4.78 is 2.31. The molecule has 1 aromatic rings. The van der Waals surface area contributed by atoms with Crippen LogP contribution in [0.2, 0.25) is 0 Å². The summed E-state index contributed by atoms with van der Waals surface area (Å²) in [5.74, 6) is 0.362. The molecule has 1 aliphatic carbocycles. The predicted molar refractivity (Wildman–Crippen MR) is 113 cm³/mol. The summed E-state index contributed by atoms with van der Waals surface area (Å²) in [5.41, 5.74) is 4.10. The van der Waals surface area contributed by atoms with E-state index in [1.54, 1.807) is 0 Å². The molecule has 0 radical (unpaired) electrons. The van der Waals surface area contributed by atoms with Gasteiger partial charge in [0, 0.05) is 43.0 Å². The van der Waals surface area contributed by atoms with Crippen molar-refractivity contribution >= 4 is 11.7 Å². The summed E-state index contributed by atoms with van der Waals surface area (Å²) in [5, 5.41) is 0. The Balaban J connectivity index is 1.88. The van der Waals surface area contributed by atoms with Crippen LogP contribution in [-0.2, 0) is 24.2 Å². The molecular weight excluding hydrogens is 350 g/mol. The number of carbonyl (C=O) groups is 2. The van der Waals surface area contributed by atoms with Gasteiger partial charge in [0.1, 0.15) is 0 Å². The molecule has 1 aliphatic heterocycles. The van der Waals surface area contributed by atoms with Crippen LogP contribution >= 0.6 is 0 Å². The van der Waals surface area contributed by atoms with Crippen LogP contribution in [0.25, 0.3) is 0 Å². The van der Waals surface area contributed by atoms with Gasteiger partial charge in [0.15, 0.2) is 5.78 Å². The fraction of sp³-hybridized carbons (Fsp3) is 0.739. The molecule has 2 aliphatic rings. The molecule has 1 amide bonds. The van der Waals surface area contributed by atoms with Crippen molar-refractivity contribution in [1.29, 1.82) is 0 Å². The third-order valence-corrected chi connectivity index (χ3v) is 6.73. The van der Waals surface area contributed by atoms with Crippen molar-refractivity contribution in [1.82, 2.24) is 14.4 Å². The van der Waals surface area contributed by atoms with Crippen LogP contribution in [0.15, 0.2) is 0 Å². The Morgan fingerprint density at radius 1 is 1.21 bits per heavy atom. The van der Waals surface area contributed by atoms with E-state index in [9.17, 15) is 9.59 Å². The number of rotatable bonds is 5. The molecule has 0 saturated carbocycles. The highest BCUT2D eigenvalue weighted by atomic mass is 16.2. The smallest absolute Gasteiger partial charge is 0.227 e. The van der Waals surface area contributed by atoms with E-state index in [4.69, 9.17) is 0 Å². The minimum absolute atomic E-state index is 0.00738. The largest absolute Gasteiger partial charge is 0.348 e. The second-order valence-corrected chi connectivity index (χ2v) is 9.69. The SMILES string of the molecule is CCCn1c(C)c(CC(=O)N(C)C2CCN(C)CC2)c2c1CC(C)(C)CC2=O. The van der Waals surface area contributed by atoms with Gasteiger partial charge in [-0.3, -0.25) is 9.59 Å². The van der Waals surface area contributed by atoms with Gasteiger partial charge in [-0.2, -0.15) is 0 Å². The number of ketones is 1. The zero-order valence-corrected chi connectivity index (χ0v) is 18.6. The maximum Gasteiger partial charge on any atom is 0.227 e. The summed E-state index contributed by atoms with van der Waals surface area (Å²) in [6, 6.07) is 0.312. The average Bonchev–Trinajstić information content (AvgIpc) is 2.86. The third-order valence-electron chi connectivity index (χ3n) is 6.73. The first-order valence-electron chi connectivity index (χ1n) is 10.8. The molecule has 1 saturated heterocycles. The van der Waals surface area contributed by atoms with Crippen LogP contribution in [0.5, 0.6) is 0 Å². The number of likely N-dealkylation sites (N-methyl/N-ethyl adjacent to an activating group) is 1. The number of fused-ring (bicyclic) bond motifs is 1. The van der Waals surface area contributed by atoms with E-state index in [0.717, 1.165) is 67.8 Å². The number of piperidine rings is 1. The molecule has 5 nitrogen and oxygen atoms in total. The molecular formula is C23H37N3O2. The quantitative estimate of drug-likeness (QED) is 0.777. The highest BCUT2D eigenvalue weighted by molar-refractivity contribution is 6.01. The Bertz CT molecular complexity index is 754. The van der Waals surface area contributed by atoms with E-state index in [0.29, 0.717) is 18.9 Å². The molecule has 0 N–H and O–H groups in total. The zero-order valence-electron chi connectivity index (χ0n) is 18.6. The lowest BCUT2D eigenvalue weighted by atomic mass is 9.75. The van der Waals surface area contributed by atoms with Crippen molar-refractivity contribution < 1.29 is 9.59 Å². The number of aromatic nitrogens is 1. The standard InChI is InChI=1S/C23H37N3O2/c1-7-10-26-16(2)18(22-19(26)14-23(3,4)15-20(22)27)13-21(28)25(6)17-8-11-24(5)12-9-17/h17H,7-15H2,1-6H3. The summed E-state index contributed by atoms with van der Waals surface area (Å²) in [4.78, 5) is 30.4. The van der Waals surface area contributed by atoms with Crippen molar-refractivity contribution in [3.8, 4) is 0 Å². The fourth-order valence-electron chi connectivity index (χ4n) is 5.01. The molecule has 0 unspecified atom stereocenters. The van der Waals surface area contributed by atoms with Gasteiger partial charge in [-0.1, -0.05) is 20.8 Å². The van der Waals surface area contributed by atoms with Gasteiger partial charge in [0.05, 0.1) is 6.42 Å². The van der Waals surface area contributed by atoms with Gasteiger partial charge in [-0.25, -0.2) is 0 Å². The van der Waals surface area contributed by atoms with E-state index in [1.165, 1.54) is 0 Å². The number of amides is 1. The molecule has 0 aromatic carbocycles. The summed E-state index contributed by atoms with van der Waals surface area (Å²) in [6.07, 6.45) is 4.91. The molecule has 28 heavy (non-hydrogen) atoms. The minimum Gasteiger partial charge on any atom is -0.348 e. The van der Waals surface area contributed by atoms with Crippen molar-refractivity contribution in [2.75, 3.05) is 27.2 Å². The van der Waals surface area contributed by atoms with E-state index < -0.39 is 0 Å². The summed E-state index contributed by atoms with van der Waals surface area (Å²) in [7, 11) is 4.07. The first-order chi connectivity index (χ1) is 13.1. The average molecular weight is 388 g/mol. The highest BCUT2D eigenvalue weighted by Crippen LogP contribution is 2.39. The second-order valence-electron chi connectivity index (χ2n) is 9.69. The van der Waals surface area contributed by atoms with Crippen molar-refractivity contribution in [2.45, 2.75) is 78.8 Å². The Hall–Kier alpha value is -1.62. The van der Waals surface area contributed by atoms with Crippen LogP contribution in [0.4, 0.5) is 0 Å². The van der Waals surface area contributed by atoms with Gasteiger partial charge in [0.25, 0.3) is 0 Å². The van der Waals surface area contributed by atoms with Crippen molar-refractivity contribution in [3.63, 3.8) is 0 Å². The normalized spacial score (nSPS) is 20.3. The van der Waals surface area contributed by atoms with Gasteiger partial charge in [0.2, 0.25) is 5.91 Å². The van der Waals surface area contributed by atoms with Gasteiger partial charge in [-0.15, -0.1) is 0 Å². The van der Waals surface area contributed by atoms with E-state index in [1.807, 2.05) is 11.9 Å². The lowest BCUT2D eigenvalue weighted by Gasteiger charge is -2.35. The third kappa shape index (κ3) is 4.05. The number of carbonyl (C=O) groups excluding carboxylic acids is 2. The van der Waals surface area contributed by atoms with Crippen LogP contribution in [0.3, 0.4) is 0 Å². The Labute approximate surface area is 170 Å². The molecule has 5 heteroatoms. The monoisotopic (exact) mass is 387 g/mol. The van der Waals surface area contributed by atoms with E-state index in [-0.39, 0.29) is 17.1 Å². The second kappa shape index (κ2) is 8.02. The molecule has 156 valence electrons. The Morgan fingerprint density at radius 2 is 1.86 bits per heavy atom. The number of likely N-dealkylation sites (tertiary alicyclic amines) is 1. The molecule has 0 spiro atoms. The first kappa shape index (κ1) is 21.1. The topological polar surface area (TPSA) is 45.6 Å². The maximum atomic E-state index is 13.1. The number of nitrogens with zero attached hydrogens (tertiary/aromatic N) is 3. The maximum absolute atomic E-state index is 13.1. The molecule has 2 heterocycles. The predicted octanol–water partition coefficient (Wildman–Crippen LogP) is 3.46. The van der Waals surface area contributed by atoms with Crippen molar-refractivity contribution in [3.05, 3.63) is 22.5 Å². The number of Topliss-reactive ketones (excluding diaryl/α,β-unsaturated/α-hetero) is 1. The van der Waals surface area contributed by atoms with Crippen LogP contribution in [0.1, 0.15) is 73.8 Å². The Kier molecular flexibility index (Phi) is 6.04. The van der Waals surface area contributed by atoms with Crippen molar-refractivity contribution in [2.24, 2.45) is 5.41 Å².